The number of nitrogens with one attached hydrogen (secondary N) is 1. The maximum Gasteiger partial charge on any atom is 0.220 e. The predicted octanol–water partition coefficient (Wildman–Crippen LogP) is 2.45. The Labute approximate surface area is 136 Å². The van der Waals surface area contributed by atoms with E-state index in [-0.39, 0.29) is 18.1 Å². The minimum absolute atomic E-state index is 0.0161. The first-order valence-corrected chi connectivity index (χ1v) is 8.04. The maximum absolute atomic E-state index is 12.3. The third-order valence-electron chi connectivity index (χ3n) is 4.04. The van der Waals surface area contributed by atoms with Crippen LogP contribution in [0, 0.1) is 0 Å². The highest BCUT2D eigenvalue weighted by Crippen LogP contribution is 2.28. The molecule has 0 saturated carbocycles. The number of nitrogens with zero attached hydrogens (tertiary/aromatic N) is 2. The summed E-state index contributed by atoms with van der Waals surface area (Å²) in [6, 6.07) is 9.67. The van der Waals surface area contributed by atoms with Crippen LogP contribution in [0.4, 0.5) is 0 Å². The largest absolute Gasteiger partial charge is 0.371 e. The van der Waals surface area contributed by atoms with Crippen LogP contribution in [0.15, 0.2) is 48.9 Å². The zero-order chi connectivity index (χ0) is 15.9. The van der Waals surface area contributed by atoms with Crippen molar-refractivity contribution in [3.63, 3.8) is 0 Å². The molecule has 0 aliphatic carbocycles. The Balaban J connectivity index is 1.57. The first-order valence-electron chi connectivity index (χ1n) is 8.04. The van der Waals surface area contributed by atoms with Crippen LogP contribution in [-0.4, -0.2) is 28.5 Å². The van der Waals surface area contributed by atoms with E-state index < -0.39 is 0 Å². The summed E-state index contributed by atoms with van der Waals surface area (Å²) < 4.78 is 5.89. The molecule has 3 rings (SSSR count). The summed E-state index contributed by atoms with van der Waals surface area (Å²) in [7, 11) is 0. The highest BCUT2D eigenvalue weighted by atomic mass is 16.5. The topological polar surface area (TPSA) is 64.1 Å². The normalized spacial score (nSPS) is 20.9. The molecule has 2 atom stereocenters. The third-order valence-corrected chi connectivity index (χ3v) is 4.04. The molecule has 5 nitrogen and oxygen atoms in total. The molecular formula is C18H21N3O2. The molecule has 2 aromatic heterocycles. The van der Waals surface area contributed by atoms with Crippen molar-refractivity contribution < 1.29 is 9.53 Å². The number of aryl methyl sites for hydroxylation is 1. The highest BCUT2D eigenvalue weighted by Gasteiger charge is 2.28. The Morgan fingerprint density at radius 3 is 2.87 bits per heavy atom. The lowest BCUT2D eigenvalue weighted by Gasteiger charge is -2.32. The fraction of sp³-hybridized carbons (Fsp3) is 0.389. The van der Waals surface area contributed by atoms with Gasteiger partial charge >= 0.3 is 0 Å². The molecule has 5 heteroatoms. The smallest absolute Gasteiger partial charge is 0.220 e. The average Bonchev–Trinajstić information content (AvgIpc) is 2.62. The van der Waals surface area contributed by atoms with E-state index in [9.17, 15) is 4.79 Å². The number of carbonyl (C=O) groups excluding carboxylic acids is 1. The molecule has 3 heterocycles. The quantitative estimate of drug-likeness (QED) is 0.921. The molecule has 0 radical (unpaired) electrons. The van der Waals surface area contributed by atoms with Crippen molar-refractivity contribution >= 4 is 5.91 Å². The Morgan fingerprint density at radius 2 is 2.09 bits per heavy atom. The van der Waals surface area contributed by atoms with Gasteiger partial charge in [0.05, 0.1) is 6.04 Å². The van der Waals surface area contributed by atoms with Gasteiger partial charge in [-0.1, -0.05) is 6.07 Å². The Kier molecular flexibility index (Phi) is 5.32. The molecule has 1 amide bonds. The van der Waals surface area contributed by atoms with Gasteiger partial charge < -0.3 is 10.1 Å². The average molecular weight is 311 g/mol. The minimum atomic E-state index is -0.0921. The second kappa shape index (κ2) is 7.83. The van der Waals surface area contributed by atoms with Crippen LogP contribution >= 0.6 is 0 Å². The van der Waals surface area contributed by atoms with Crippen LogP contribution in [0.5, 0.6) is 0 Å². The molecule has 120 valence electrons. The van der Waals surface area contributed by atoms with E-state index in [4.69, 9.17) is 4.74 Å². The molecule has 1 aliphatic rings. The first kappa shape index (κ1) is 15.6. The van der Waals surface area contributed by atoms with E-state index in [1.54, 1.807) is 18.6 Å². The first-order chi connectivity index (χ1) is 11.3. The number of carbonyl (C=O) groups is 1. The minimum Gasteiger partial charge on any atom is -0.371 e. The van der Waals surface area contributed by atoms with Gasteiger partial charge in [-0.2, -0.15) is 0 Å². The molecule has 2 aromatic rings. The van der Waals surface area contributed by atoms with Crippen LogP contribution in [0.1, 0.15) is 36.6 Å². The number of hydrogen-bond donors (Lipinski definition) is 1. The second-order valence-electron chi connectivity index (χ2n) is 5.71. The van der Waals surface area contributed by atoms with Crippen molar-refractivity contribution in [1.82, 2.24) is 15.3 Å². The number of ether oxygens (including phenoxy) is 1. The second-order valence-corrected chi connectivity index (χ2v) is 5.71. The van der Waals surface area contributed by atoms with Crippen LogP contribution in [0.3, 0.4) is 0 Å². The molecule has 0 unspecified atom stereocenters. The van der Waals surface area contributed by atoms with Gasteiger partial charge in [0.15, 0.2) is 0 Å². The maximum atomic E-state index is 12.3. The van der Waals surface area contributed by atoms with E-state index in [0.29, 0.717) is 12.8 Å². The van der Waals surface area contributed by atoms with E-state index in [1.165, 1.54) is 0 Å². The summed E-state index contributed by atoms with van der Waals surface area (Å²) in [5.41, 5.74) is 2.00. The van der Waals surface area contributed by atoms with Gasteiger partial charge in [0, 0.05) is 37.3 Å². The zero-order valence-electron chi connectivity index (χ0n) is 13.0. The number of aromatic nitrogens is 2. The standard InChI is InChI=1S/C18H21N3O2/c22-17(7-6-15-4-1-2-10-20-15)21-16-5-3-13-23-18(16)14-8-11-19-12-9-14/h1-2,4,8-12,16,18H,3,5-7,13H2,(H,21,22)/t16-,18+/m0/s1. The molecule has 1 N–H and O–H groups in total. The van der Waals surface area contributed by atoms with Gasteiger partial charge in [-0.05, 0) is 49.1 Å². The monoisotopic (exact) mass is 311 g/mol. The summed E-state index contributed by atoms with van der Waals surface area (Å²) in [5, 5.41) is 3.13. The summed E-state index contributed by atoms with van der Waals surface area (Å²) in [5.74, 6) is 0.0465. The van der Waals surface area contributed by atoms with Gasteiger partial charge in [-0.3, -0.25) is 14.8 Å². The van der Waals surface area contributed by atoms with Gasteiger partial charge in [-0.15, -0.1) is 0 Å². The van der Waals surface area contributed by atoms with Crippen molar-refractivity contribution in [2.24, 2.45) is 0 Å². The van der Waals surface area contributed by atoms with Crippen molar-refractivity contribution in [2.75, 3.05) is 6.61 Å². The number of rotatable bonds is 5. The fourth-order valence-electron chi connectivity index (χ4n) is 2.88. The van der Waals surface area contributed by atoms with Crippen LogP contribution < -0.4 is 5.32 Å². The van der Waals surface area contributed by atoms with E-state index >= 15 is 0 Å². The molecule has 23 heavy (non-hydrogen) atoms. The molecule has 0 bridgehead atoms. The van der Waals surface area contributed by atoms with E-state index in [0.717, 1.165) is 30.7 Å². The lowest BCUT2D eigenvalue weighted by atomic mass is 9.96. The SMILES string of the molecule is O=C(CCc1ccccn1)N[C@H]1CCCO[C@@H]1c1ccncc1. The van der Waals surface area contributed by atoms with Crippen molar-refractivity contribution in [2.45, 2.75) is 37.8 Å². The Hall–Kier alpha value is -2.27. The van der Waals surface area contributed by atoms with Crippen molar-refractivity contribution in [1.29, 1.82) is 0 Å². The Bertz CT molecular complexity index is 619. The number of amides is 1. The van der Waals surface area contributed by atoms with E-state index in [2.05, 4.69) is 15.3 Å². The number of hydrogen-bond acceptors (Lipinski definition) is 4. The molecule has 1 aliphatic heterocycles. The molecule has 1 fully saturated rings. The lowest BCUT2D eigenvalue weighted by Crippen LogP contribution is -2.42. The summed E-state index contributed by atoms with van der Waals surface area (Å²) in [4.78, 5) is 20.5. The third kappa shape index (κ3) is 4.36. The summed E-state index contributed by atoms with van der Waals surface area (Å²) in [6.45, 7) is 0.729. The fourth-order valence-corrected chi connectivity index (χ4v) is 2.88. The lowest BCUT2D eigenvalue weighted by molar-refractivity contribution is -0.124. The van der Waals surface area contributed by atoms with Gasteiger partial charge in [0.25, 0.3) is 0 Å². The molecule has 1 saturated heterocycles. The molecule has 0 spiro atoms. The molecular weight excluding hydrogens is 290 g/mol. The van der Waals surface area contributed by atoms with Gasteiger partial charge in [-0.25, -0.2) is 0 Å². The van der Waals surface area contributed by atoms with Crippen molar-refractivity contribution in [3.8, 4) is 0 Å². The van der Waals surface area contributed by atoms with Crippen molar-refractivity contribution in [3.05, 3.63) is 60.2 Å². The van der Waals surface area contributed by atoms with Gasteiger partial charge in [0.2, 0.25) is 5.91 Å². The van der Waals surface area contributed by atoms with E-state index in [1.807, 2.05) is 30.3 Å². The summed E-state index contributed by atoms with van der Waals surface area (Å²) >= 11 is 0. The van der Waals surface area contributed by atoms with Crippen LogP contribution in [0.25, 0.3) is 0 Å². The Morgan fingerprint density at radius 1 is 1.22 bits per heavy atom. The van der Waals surface area contributed by atoms with Crippen LogP contribution in [-0.2, 0) is 16.0 Å². The molecule has 0 aromatic carbocycles. The predicted molar refractivity (Wildman–Crippen MR) is 86.7 cm³/mol. The van der Waals surface area contributed by atoms with Gasteiger partial charge in [0.1, 0.15) is 6.10 Å². The number of pyridine rings is 2. The highest BCUT2D eigenvalue weighted by molar-refractivity contribution is 5.76. The van der Waals surface area contributed by atoms with Crippen LogP contribution in [0.2, 0.25) is 0 Å². The zero-order valence-corrected chi connectivity index (χ0v) is 13.0. The summed E-state index contributed by atoms with van der Waals surface area (Å²) in [6.07, 6.45) is 8.17.